The normalized spacial score (nSPS) is 10.6. The Kier molecular flexibility index (Phi) is 3.58. The van der Waals surface area contributed by atoms with E-state index in [0.717, 1.165) is 0 Å². The van der Waals surface area contributed by atoms with Gasteiger partial charge < -0.3 is 9.15 Å². The average Bonchev–Trinajstić information content (AvgIpc) is 2.80. The molecule has 0 radical (unpaired) electrons. The fourth-order valence-corrected chi connectivity index (χ4v) is 1.69. The Hall–Kier alpha value is -1.94. The van der Waals surface area contributed by atoms with E-state index >= 15 is 0 Å². The Bertz CT molecular complexity index is 572. The second kappa shape index (κ2) is 5.14. The first-order valence-electron chi connectivity index (χ1n) is 5.50. The van der Waals surface area contributed by atoms with Gasteiger partial charge in [-0.25, -0.2) is 4.39 Å². The second-order valence-corrected chi connectivity index (χ2v) is 3.99. The molecule has 0 fully saturated rings. The lowest BCUT2D eigenvalue weighted by molar-refractivity contribution is 0.0999. The SMILES string of the molecule is COCc1ccc(C(=O)c2cc(F)ccc2C)o1. The van der Waals surface area contributed by atoms with Crippen LogP contribution in [0.3, 0.4) is 0 Å². The first-order chi connectivity index (χ1) is 8.61. The molecule has 0 saturated heterocycles. The van der Waals surface area contributed by atoms with Crippen molar-refractivity contribution >= 4 is 5.78 Å². The van der Waals surface area contributed by atoms with Crippen molar-refractivity contribution in [1.82, 2.24) is 0 Å². The zero-order valence-corrected chi connectivity index (χ0v) is 10.2. The molecule has 0 aliphatic heterocycles. The summed E-state index contributed by atoms with van der Waals surface area (Å²) in [4.78, 5) is 12.1. The molecule has 2 rings (SSSR count). The van der Waals surface area contributed by atoms with E-state index in [1.165, 1.54) is 12.1 Å². The smallest absolute Gasteiger partial charge is 0.228 e. The number of carbonyl (C=O) groups is 1. The Morgan fingerprint density at radius 3 is 2.83 bits per heavy atom. The molecule has 0 unspecified atom stereocenters. The predicted molar refractivity (Wildman–Crippen MR) is 64.0 cm³/mol. The third kappa shape index (κ3) is 2.49. The van der Waals surface area contributed by atoms with Gasteiger partial charge in [-0.05, 0) is 36.8 Å². The van der Waals surface area contributed by atoms with E-state index in [9.17, 15) is 9.18 Å². The lowest BCUT2D eigenvalue weighted by Crippen LogP contribution is -2.03. The summed E-state index contributed by atoms with van der Waals surface area (Å²) >= 11 is 0. The summed E-state index contributed by atoms with van der Waals surface area (Å²) in [5, 5.41) is 0. The summed E-state index contributed by atoms with van der Waals surface area (Å²) in [6.45, 7) is 2.06. The Morgan fingerprint density at radius 2 is 2.11 bits per heavy atom. The van der Waals surface area contributed by atoms with E-state index in [2.05, 4.69) is 0 Å². The number of methoxy groups -OCH3 is 1. The van der Waals surface area contributed by atoms with E-state index < -0.39 is 5.82 Å². The number of aryl methyl sites for hydroxylation is 1. The highest BCUT2D eigenvalue weighted by Gasteiger charge is 2.16. The molecule has 1 aromatic heterocycles. The van der Waals surface area contributed by atoms with Crippen LogP contribution < -0.4 is 0 Å². The molecule has 0 atom stereocenters. The molecule has 0 aliphatic carbocycles. The number of ether oxygens (including phenoxy) is 1. The van der Waals surface area contributed by atoms with E-state index in [1.54, 1.807) is 32.2 Å². The molecule has 2 aromatic rings. The Balaban J connectivity index is 2.32. The minimum absolute atomic E-state index is 0.191. The third-order valence-corrected chi connectivity index (χ3v) is 2.62. The quantitative estimate of drug-likeness (QED) is 0.780. The van der Waals surface area contributed by atoms with Gasteiger partial charge in [-0.15, -0.1) is 0 Å². The summed E-state index contributed by atoms with van der Waals surface area (Å²) in [5.41, 5.74) is 1.03. The Labute approximate surface area is 104 Å². The molecule has 1 heterocycles. The van der Waals surface area contributed by atoms with Crippen molar-refractivity contribution in [3.8, 4) is 0 Å². The lowest BCUT2D eigenvalue weighted by Gasteiger charge is -2.02. The molecule has 3 nitrogen and oxygen atoms in total. The maximum atomic E-state index is 13.1. The highest BCUT2D eigenvalue weighted by molar-refractivity contribution is 6.08. The van der Waals surface area contributed by atoms with Crippen molar-refractivity contribution in [1.29, 1.82) is 0 Å². The minimum Gasteiger partial charge on any atom is -0.455 e. The number of rotatable bonds is 4. The van der Waals surface area contributed by atoms with Gasteiger partial charge in [-0.3, -0.25) is 4.79 Å². The van der Waals surface area contributed by atoms with Gasteiger partial charge in [0.2, 0.25) is 5.78 Å². The second-order valence-electron chi connectivity index (χ2n) is 3.99. The number of carbonyl (C=O) groups excluding carboxylic acids is 1. The Morgan fingerprint density at radius 1 is 1.33 bits per heavy atom. The largest absolute Gasteiger partial charge is 0.455 e. The van der Waals surface area contributed by atoms with Crippen LogP contribution in [0, 0.1) is 12.7 Å². The first kappa shape index (κ1) is 12.5. The van der Waals surface area contributed by atoms with Gasteiger partial charge in [0.15, 0.2) is 5.76 Å². The maximum absolute atomic E-state index is 13.1. The lowest BCUT2D eigenvalue weighted by atomic mass is 10.0. The summed E-state index contributed by atoms with van der Waals surface area (Å²) < 4.78 is 23.4. The fraction of sp³-hybridized carbons (Fsp3) is 0.214. The van der Waals surface area contributed by atoms with Crippen LogP contribution in [-0.4, -0.2) is 12.9 Å². The van der Waals surface area contributed by atoms with Crippen LogP contribution in [0.4, 0.5) is 4.39 Å². The summed E-state index contributed by atoms with van der Waals surface area (Å²) in [7, 11) is 1.54. The van der Waals surface area contributed by atoms with Crippen molar-refractivity contribution in [2.45, 2.75) is 13.5 Å². The number of hydrogen-bond acceptors (Lipinski definition) is 3. The van der Waals surface area contributed by atoms with E-state index in [1.807, 2.05) is 0 Å². The molecule has 0 aliphatic rings. The fourth-order valence-electron chi connectivity index (χ4n) is 1.69. The van der Waals surface area contributed by atoms with Crippen LogP contribution in [0.25, 0.3) is 0 Å². The zero-order valence-electron chi connectivity index (χ0n) is 10.2. The van der Waals surface area contributed by atoms with E-state index in [-0.39, 0.29) is 11.5 Å². The zero-order chi connectivity index (χ0) is 13.1. The first-order valence-corrected chi connectivity index (χ1v) is 5.50. The summed E-state index contributed by atoms with van der Waals surface area (Å²) in [6.07, 6.45) is 0. The molecule has 1 aromatic carbocycles. The number of halogens is 1. The van der Waals surface area contributed by atoms with Crippen molar-refractivity contribution in [2.24, 2.45) is 0 Å². The van der Waals surface area contributed by atoms with Crippen LogP contribution in [-0.2, 0) is 11.3 Å². The highest BCUT2D eigenvalue weighted by Crippen LogP contribution is 2.18. The average molecular weight is 248 g/mol. The minimum atomic E-state index is -0.437. The third-order valence-electron chi connectivity index (χ3n) is 2.62. The van der Waals surface area contributed by atoms with Crippen LogP contribution in [0.5, 0.6) is 0 Å². The van der Waals surface area contributed by atoms with Crippen molar-refractivity contribution in [3.63, 3.8) is 0 Å². The number of ketones is 1. The van der Waals surface area contributed by atoms with Crippen LogP contribution in [0.15, 0.2) is 34.7 Å². The molecule has 4 heteroatoms. The van der Waals surface area contributed by atoms with Crippen molar-refractivity contribution < 1.29 is 18.3 Å². The van der Waals surface area contributed by atoms with Gasteiger partial charge in [-0.1, -0.05) is 6.07 Å². The van der Waals surface area contributed by atoms with Crippen LogP contribution >= 0.6 is 0 Å². The van der Waals surface area contributed by atoms with E-state index in [0.29, 0.717) is 23.5 Å². The van der Waals surface area contributed by atoms with Gasteiger partial charge in [0.05, 0.1) is 0 Å². The molecule has 18 heavy (non-hydrogen) atoms. The van der Waals surface area contributed by atoms with Gasteiger partial charge in [0.25, 0.3) is 0 Å². The van der Waals surface area contributed by atoms with Gasteiger partial charge in [0, 0.05) is 12.7 Å². The van der Waals surface area contributed by atoms with Crippen LogP contribution in [0.2, 0.25) is 0 Å². The highest BCUT2D eigenvalue weighted by atomic mass is 19.1. The predicted octanol–water partition coefficient (Wildman–Crippen LogP) is 3.10. The van der Waals surface area contributed by atoms with Crippen molar-refractivity contribution in [2.75, 3.05) is 7.11 Å². The standard InChI is InChI=1S/C14H13FO3/c1-9-3-4-10(15)7-12(9)14(16)13-6-5-11(18-13)8-17-2/h3-7H,8H2,1-2H3. The number of benzene rings is 1. The molecule has 0 amide bonds. The van der Waals surface area contributed by atoms with E-state index in [4.69, 9.17) is 9.15 Å². The monoisotopic (exact) mass is 248 g/mol. The van der Waals surface area contributed by atoms with Gasteiger partial charge in [-0.2, -0.15) is 0 Å². The van der Waals surface area contributed by atoms with Gasteiger partial charge >= 0.3 is 0 Å². The molecule has 0 spiro atoms. The number of furan rings is 1. The molecular formula is C14H13FO3. The van der Waals surface area contributed by atoms with Gasteiger partial charge in [0.1, 0.15) is 18.2 Å². The topological polar surface area (TPSA) is 39.4 Å². The molecule has 0 N–H and O–H groups in total. The summed E-state index contributed by atoms with van der Waals surface area (Å²) in [6, 6.07) is 7.36. The molecule has 0 bridgehead atoms. The molecule has 94 valence electrons. The molecule has 0 saturated carbocycles. The maximum Gasteiger partial charge on any atom is 0.228 e. The summed E-state index contributed by atoms with van der Waals surface area (Å²) in [5.74, 6) is -0.00682. The van der Waals surface area contributed by atoms with Crippen molar-refractivity contribution in [3.05, 3.63) is 58.8 Å². The number of hydrogen-bond donors (Lipinski definition) is 0. The molecular weight excluding hydrogens is 235 g/mol. The van der Waals surface area contributed by atoms with Crippen LogP contribution in [0.1, 0.15) is 27.4 Å².